The summed E-state index contributed by atoms with van der Waals surface area (Å²) >= 11 is 0. The number of carbonyl (C=O) groups excluding carboxylic acids is 2. The van der Waals surface area contributed by atoms with E-state index < -0.39 is 52.7 Å². The average molecular weight is 475 g/mol. The molecule has 0 radical (unpaired) electrons. The molecule has 1 atom stereocenters. The molecule has 0 aromatic heterocycles. The summed E-state index contributed by atoms with van der Waals surface area (Å²) in [6, 6.07) is 4.68. The van der Waals surface area contributed by atoms with E-state index in [1.54, 1.807) is 12.1 Å². The van der Waals surface area contributed by atoms with Crippen molar-refractivity contribution < 1.29 is 46.4 Å². The van der Waals surface area contributed by atoms with Gasteiger partial charge in [-0.05, 0) is 24.3 Å². The lowest BCUT2D eigenvalue weighted by atomic mass is 9.96. The molecule has 0 saturated carbocycles. The molecule has 1 unspecified atom stereocenters. The zero-order valence-electron chi connectivity index (χ0n) is 16.7. The Bertz CT molecular complexity index is 1020. The van der Waals surface area contributed by atoms with Gasteiger partial charge in [0.05, 0.1) is 25.2 Å². The summed E-state index contributed by atoms with van der Waals surface area (Å²) in [5.74, 6) is 3.12. The number of ether oxygens (including phenoxy) is 2. The van der Waals surface area contributed by atoms with Crippen LogP contribution in [0.15, 0.2) is 24.3 Å². The molecule has 31 heavy (non-hydrogen) atoms. The lowest BCUT2D eigenvalue weighted by molar-refractivity contribution is -0.150. The van der Waals surface area contributed by atoms with Crippen LogP contribution in [0.2, 0.25) is 0 Å². The number of methoxy groups -OCH3 is 2. The van der Waals surface area contributed by atoms with E-state index in [4.69, 9.17) is 19.3 Å². The number of phosphoric ester groups is 1. The lowest BCUT2D eigenvalue weighted by Crippen LogP contribution is -2.70. The van der Waals surface area contributed by atoms with Gasteiger partial charge in [0, 0.05) is 24.7 Å². The van der Waals surface area contributed by atoms with Crippen molar-refractivity contribution in [2.75, 3.05) is 32.3 Å². The maximum absolute atomic E-state index is 12.6. The molecule has 1 aromatic rings. The van der Waals surface area contributed by atoms with Gasteiger partial charge in [-0.3, -0.25) is 9.32 Å². The summed E-state index contributed by atoms with van der Waals surface area (Å²) in [4.78, 5) is 41.9. The van der Waals surface area contributed by atoms with E-state index in [1.165, 1.54) is 19.2 Å². The topological polar surface area (TPSA) is 166 Å². The minimum atomic E-state index is -4.52. The predicted molar refractivity (Wildman–Crippen MR) is 108 cm³/mol. The molecule has 1 fully saturated rings. The fourth-order valence-electron chi connectivity index (χ4n) is 2.93. The Labute approximate surface area is 179 Å². The molecule has 1 aromatic carbocycles. The molecule has 0 bridgehead atoms. The SMILES string of the molecule is COC(=O)C(NC(=O)c1ccc(C#CCCOP(=O)(O)O)cc1)C1(OC)CS(=O)(=O)C1. The third-order valence-electron chi connectivity index (χ3n) is 4.44. The van der Waals surface area contributed by atoms with Crippen molar-refractivity contribution in [1.82, 2.24) is 5.32 Å². The highest BCUT2D eigenvalue weighted by molar-refractivity contribution is 7.93. The Morgan fingerprint density at radius 2 is 1.84 bits per heavy atom. The highest BCUT2D eigenvalue weighted by Crippen LogP contribution is 2.35. The molecule has 11 nitrogen and oxygen atoms in total. The van der Waals surface area contributed by atoms with Crippen molar-refractivity contribution in [3.8, 4) is 11.8 Å². The quantitative estimate of drug-likeness (QED) is 0.195. The van der Waals surface area contributed by atoms with E-state index in [9.17, 15) is 22.6 Å². The van der Waals surface area contributed by atoms with Gasteiger partial charge in [0.25, 0.3) is 5.91 Å². The van der Waals surface area contributed by atoms with Crippen LogP contribution in [-0.2, 0) is 33.2 Å². The van der Waals surface area contributed by atoms with Crippen LogP contribution in [0.5, 0.6) is 0 Å². The van der Waals surface area contributed by atoms with E-state index >= 15 is 0 Å². The summed E-state index contributed by atoms with van der Waals surface area (Å²) in [5.41, 5.74) is -0.671. The van der Waals surface area contributed by atoms with E-state index in [2.05, 4.69) is 21.7 Å². The number of amides is 1. The second-order valence-electron chi connectivity index (χ2n) is 6.68. The maximum Gasteiger partial charge on any atom is 0.469 e. The third-order valence-corrected chi connectivity index (χ3v) is 6.82. The highest BCUT2D eigenvalue weighted by Gasteiger charge is 2.58. The molecule has 0 aliphatic carbocycles. The first-order chi connectivity index (χ1) is 14.4. The molecule has 1 heterocycles. The van der Waals surface area contributed by atoms with Crippen LogP contribution in [-0.4, -0.2) is 74.1 Å². The Morgan fingerprint density at radius 3 is 2.32 bits per heavy atom. The Hall–Kier alpha value is -2.26. The van der Waals surface area contributed by atoms with E-state index in [0.29, 0.717) is 5.56 Å². The van der Waals surface area contributed by atoms with Crippen molar-refractivity contribution in [2.45, 2.75) is 18.1 Å². The Morgan fingerprint density at radius 1 is 1.23 bits per heavy atom. The zero-order valence-corrected chi connectivity index (χ0v) is 18.4. The minimum absolute atomic E-state index is 0.0934. The molecule has 1 saturated heterocycles. The molecule has 170 valence electrons. The molecule has 1 aliphatic heterocycles. The molecule has 13 heteroatoms. The van der Waals surface area contributed by atoms with Gasteiger partial charge in [-0.1, -0.05) is 11.8 Å². The summed E-state index contributed by atoms with van der Waals surface area (Å²) in [6.07, 6.45) is 0.0934. The summed E-state index contributed by atoms with van der Waals surface area (Å²) in [7, 11) is -5.51. The van der Waals surface area contributed by atoms with Gasteiger partial charge in [-0.2, -0.15) is 0 Å². The number of benzene rings is 1. The summed E-state index contributed by atoms with van der Waals surface area (Å²) in [5, 5.41) is 2.48. The van der Waals surface area contributed by atoms with Crippen LogP contribution in [0.25, 0.3) is 0 Å². The minimum Gasteiger partial charge on any atom is -0.467 e. The van der Waals surface area contributed by atoms with Gasteiger partial charge in [0.2, 0.25) is 0 Å². The fourth-order valence-corrected chi connectivity index (χ4v) is 5.23. The molecule has 1 aliphatic rings. The highest BCUT2D eigenvalue weighted by atomic mass is 32.2. The number of hydrogen-bond acceptors (Lipinski definition) is 8. The number of carbonyl (C=O) groups is 2. The Kier molecular flexibility index (Phi) is 7.99. The monoisotopic (exact) mass is 475 g/mol. The van der Waals surface area contributed by atoms with Crippen LogP contribution in [0.3, 0.4) is 0 Å². The smallest absolute Gasteiger partial charge is 0.467 e. The zero-order chi connectivity index (χ0) is 23.3. The van der Waals surface area contributed by atoms with Crippen molar-refractivity contribution in [1.29, 1.82) is 0 Å². The van der Waals surface area contributed by atoms with Gasteiger partial charge in [-0.15, -0.1) is 0 Å². The number of esters is 1. The number of phosphoric acid groups is 1. The molecule has 0 spiro atoms. The first-order valence-corrected chi connectivity index (χ1v) is 12.2. The van der Waals surface area contributed by atoms with Gasteiger partial charge in [0.1, 0.15) is 5.60 Å². The van der Waals surface area contributed by atoms with Crippen LogP contribution in [0.4, 0.5) is 0 Å². The first-order valence-electron chi connectivity index (χ1n) is 8.85. The first kappa shape index (κ1) is 25.0. The standard InChI is InChI=1S/C18H22NO10PS/c1-27-17(21)15(18(28-2)11-31(25,26)12-18)19-16(20)14-8-6-13(7-9-14)5-3-4-10-29-30(22,23)24/h6-9,15H,4,10-12H2,1-2H3,(H,19,20)(H2,22,23,24). The fraction of sp³-hybridized carbons (Fsp3) is 0.444. The summed E-state index contributed by atoms with van der Waals surface area (Å²) < 4.78 is 48.1. The molecular formula is C18H22NO10PS. The van der Waals surface area contributed by atoms with Gasteiger partial charge < -0.3 is 24.6 Å². The molecule has 2 rings (SSSR count). The van der Waals surface area contributed by atoms with Crippen LogP contribution < -0.4 is 5.32 Å². The van der Waals surface area contributed by atoms with Crippen LogP contribution in [0.1, 0.15) is 22.3 Å². The lowest BCUT2D eigenvalue weighted by Gasteiger charge is -2.43. The Balaban J connectivity index is 2.05. The molecule has 1 amide bonds. The predicted octanol–water partition coefficient (Wildman–Crippen LogP) is -0.377. The largest absolute Gasteiger partial charge is 0.469 e. The van der Waals surface area contributed by atoms with E-state index in [1.807, 2.05) is 0 Å². The average Bonchev–Trinajstić information content (AvgIpc) is 2.68. The van der Waals surface area contributed by atoms with Gasteiger partial charge in [-0.25, -0.2) is 17.8 Å². The number of rotatable bonds is 8. The number of nitrogens with one attached hydrogen (secondary N) is 1. The van der Waals surface area contributed by atoms with Crippen molar-refractivity contribution in [2.24, 2.45) is 0 Å². The second kappa shape index (κ2) is 9.91. The normalized spacial score (nSPS) is 17.4. The van der Waals surface area contributed by atoms with E-state index in [-0.39, 0.29) is 18.6 Å². The molecule has 3 N–H and O–H groups in total. The number of sulfone groups is 1. The van der Waals surface area contributed by atoms with Crippen molar-refractivity contribution in [3.05, 3.63) is 35.4 Å². The van der Waals surface area contributed by atoms with Crippen LogP contribution in [0, 0.1) is 11.8 Å². The van der Waals surface area contributed by atoms with Crippen molar-refractivity contribution >= 4 is 29.5 Å². The van der Waals surface area contributed by atoms with Gasteiger partial charge in [0.15, 0.2) is 15.9 Å². The molecular weight excluding hydrogens is 453 g/mol. The van der Waals surface area contributed by atoms with Crippen molar-refractivity contribution in [3.63, 3.8) is 0 Å². The second-order valence-corrected chi connectivity index (χ2v) is 9.99. The third kappa shape index (κ3) is 6.87. The van der Waals surface area contributed by atoms with E-state index in [0.717, 1.165) is 7.11 Å². The number of hydrogen-bond donors (Lipinski definition) is 3. The maximum atomic E-state index is 12.6. The summed E-state index contributed by atoms with van der Waals surface area (Å²) in [6.45, 7) is -0.232. The van der Waals surface area contributed by atoms with Crippen LogP contribution >= 0.6 is 7.82 Å². The van der Waals surface area contributed by atoms with Gasteiger partial charge >= 0.3 is 13.8 Å².